The molecule has 0 atom stereocenters. The van der Waals surface area contributed by atoms with Crippen LogP contribution in [0.4, 0.5) is 11.4 Å². The summed E-state index contributed by atoms with van der Waals surface area (Å²) in [4.78, 5) is 12.9. The Labute approximate surface area is 125 Å². The smallest absolute Gasteiger partial charge is 0.311 e. The van der Waals surface area contributed by atoms with Gasteiger partial charge in [0.1, 0.15) is 0 Å². The molecule has 0 aromatic heterocycles. The predicted octanol–water partition coefficient (Wildman–Crippen LogP) is 2.75. The van der Waals surface area contributed by atoms with Crippen LogP contribution in [0.15, 0.2) is 18.2 Å². The van der Waals surface area contributed by atoms with E-state index in [4.69, 9.17) is 4.74 Å². The molecule has 0 unspecified atom stereocenters. The molecule has 21 heavy (non-hydrogen) atoms. The lowest BCUT2D eigenvalue weighted by Crippen LogP contribution is -2.35. The summed E-state index contributed by atoms with van der Waals surface area (Å²) in [6.07, 6.45) is 2.40. The number of nitro groups is 1. The first kappa shape index (κ1) is 15.6. The Morgan fingerprint density at radius 2 is 2.14 bits per heavy atom. The van der Waals surface area contributed by atoms with E-state index in [0.717, 1.165) is 31.9 Å². The molecule has 1 fully saturated rings. The highest BCUT2D eigenvalue weighted by atomic mass is 16.6. The number of anilines is 1. The van der Waals surface area contributed by atoms with Gasteiger partial charge in [0.2, 0.25) is 0 Å². The number of hydrogen-bond acceptors (Lipinski definition) is 5. The third-order valence-electron chi connectivity index (χ3n) is 4.13. The van der Waals surface area contributed by atoms with E-state index in [9.17, 15) is 10.1 Å². The van der Waals surface area contributed by atoms with Crippen LogP contribution in [0.2, 0.25) is 0 Å². The molecule has 0 amide bonds. The molecule has 1 saturated heterocycles. The van der Waals surface area contributed by atoms with Crippen molar-refractivity contribution in [3.8, 4) is 5.75 Å². The maximum Gasteiger partial charge on any atom is 0.311 e. The first-order valence-electron chi connectivity index (χ1n) is 7.42. The molecule has 1 heterocycles. The minimum absolute atomic E-state index is 0.000644. The summed E-state index contributed by atoms with van der Waals surface area (Å²) in [6.45, 7) is 6.54. The van der Waals surface area contributed by atoms with Crippen molar-refractivity contribution in [2.24, 2.45) is 5.92 Å². The van der Waals surface area contributed by atoms with E-state index in [-0.39, 0.29) is 5.69 Å². The molecule has 116 valence electrons. The highest BCUT2D eigenvalue weighted by Crippen LogP contribution is 2.30. The molecule has 0 radical (unpaired) electrons. The Balaban J connectivity index is 1.90. The van der Waals surface area contributed by atoms with Gasteiger partial charge >= 0.3 is 5.69 Å². The Morgan fingerprint density at radius 3 is 2.71 bits per heavy atom. The minimum atomic E-state index is -0.427. The normalized spacial score (nSPS) is 16.7. The maximum absolute atomic E-state index is 10.9. The van der Waals surface area contributed by atoms with Crippen LogP contribution in [0, 0.1) is 16.0 Å². The van der Waals surface area contributed by atoms with Crippen molar-refractivity contribution in [3.63, 3.8) is 0 Å². The molecule has 6 heteroatoms. The monoisotopic (exact) mass is 293 g/mol. The summed E-state index contributed by atoms with van der Waals surface area (Å²) in [7, 11) is 1.45. The first-order valence-corrected chi connectivity index (χ1v) is 7.42. The number of nitro benzene ring substituents is 1. The molecule has 2 rings (SSSR count). The average Bonchev–Trinajstić information content (AvgIpc) is 2.52. The molecular weight excluding hydrogens is 270 g/mol. The van der Waals surface area contributed by atoms with Crippen molar-refractivity contribution in [2.75, 3.05) is 38.6 Å². The van der Waals surface area contributed by atoms with Gasteiger partial charge in [-0.3, -0.25) is 10.1 Å². The minimum Gasteiger partial charge on any atom is -0.490 e. The molecule has 0 bridgehead atoms. The standard InChI is InChI=1S/C15H23N3O3/c1-3-17-8-6-12(7-9-17)11-16-13-4-5-14(18(19)20)15(10-13)21-2/h4-5,10,12,16H,3,6-9,11H2,1-2H3. The summed E-state index contributed by atoms with van der Waals surface area (Å²) >= 11 is 0. The zero-order valence-electron chi connectivity index (χ0n) is 12.7. The number of ether oxygens (including phenoxy) is 1. The highest BCUT2D eigenvalue weighted by Gasteiger charge is 2.18. The Hall–Kier alpha value is -1.82. The molecule has 6 nitrogen and oxygen atoms in total. The number of likely N-dealkylation sites (tertiary alicyclic amines) is 1. The highest BCUT2D eigenvalue weighted by molar-refractivity contribution is 5.57. The lowest BCUT2D eigenvalue weighted by atomic mass is 9.97. The van der Waals surface area contributed by atoms with Crippen LogP contribution in [0.25, 0.3) is 0 Å². The molecule has 1 aliphatic heterocycles. The summed E-state index contributed by atoms with van der Waals surface area (Å²) in [5.41, 5.74) is 0.870. The number of rotatable bonds is 6. The molecule has 0 aliphatic carbocycles. The van der Waals surface area contributed by atoms with E-state index in [1.165, 1.54) is 26.0 Å². The van der Waals surface area contributed by atoms with Crippen LogP contribution >= 0.6 is 0 Å². The average molecular weight is 293 g/mol. The van der Waals surface area contributed by atoms with Gasteiger partial charge in [-0.2, -0.15) is 0 Å². The number of methoxy groups -OCH3 is 1. The zero-order valence-corrected chi connectivity index (χ0v) is 12.7. The molecular formula is C15H23N3O3. The quantitative estimate of drug-likeness (QED) is 0.645. The van der Waals surface area contributed by atoms with E-state index in [2.05, 4.69) is 17.1 Å². The Bertz CT molecular complexity index is 485. The Morgan fingerprint density at radius 1 is 1.43 bits per heavy atom. The number of nitrogens with one attached hydrogen (secondary N) is 1. The Kier molecular flexibility index (Phi) is 5.38. The molecule has 1 aromatic rings. The van der Waals surface area contributed by atoms with Crippen molar-refractivity contribution < 1.29 is 9.66 Å². The van der Waals surface area contributed by atoms with Crippen LogP contribution in [-0.4, -0.2) is 43.1 Å². The van der Waals surface area contributed by atoms with Gasteiger partial charge in [-0.1, -0.05) is 6.92 Å². The number of hydrogen-bond donors (Lipinski definition) is 1. The van der Waals surface area contributed by atoms with Gasteiger partial charge in [-0.15, -0.1) is 0 Å². The lowest BCUT2D eigenvalue weighted by Gasteiger charge is -2.31. The number of benzene rings is 1. The third-order valence-corrected chi connectivity index (χ3v) is 4.13. The van der Waals surface area contributed by atoms with Crippen molar-refractivity contribution in [3.05, 3.63) is 28.3 Å². The molecule has 1 N–H and O–H groups in total. The number of piperidine rings is 1. The zero-order chi connectivity index (χ0) is 15.2. The van der Waals surface area contributed by atoms with E-state index in [1.54, 1.807) is 12.1 Å². The summed E-state index contributed by atoms with van der Waals surface area (Å²) in [5, 5.41) is 14.2. The van der Waals surface area contributed by atoms with Crippen molar-refractivity contribution in [2.45, 2.75) is 19.8 Å². The molecule has 1 aromatic carbocycles. The van der Waals surface area contributed by atoms with Crippen molar-refractivity contribution in [1.29, 1.82) is 0 Å². The largest absolute Gasteiger partial charge is 0.490 e. The second-order valence-corrected chi connectivity index (χ2v) is 5.40. The van der Waals surface area contributed by atoms with Gasteiger partial charge in [0.15, 0.2) is 5.75 Å². The number of nitrogens with zero attached hydrogens (tertiary/aromatic N) is 2. The molecule has 0 saturated carbocycles. The third kappa shape index (κ3) is 4.07. The second kappa shape index (κ2) is 7.26. The predicted molar refractivity (Wildman–Crippen MR) is 83.0 cm³/mol. The van der Waals surface area contributed by atoms with Gasteiger partial charge in [0.25, 0.3) is 0 Å². The molecule has 0 spiro atoms. The van der Waals surface area contributed by atoms with Gasteiger partial charge in [-0.05, 0) is 44.5 Å². The van der Waals surface area contributed by atoms with Gasteiger partial charge < -0.3 is 15.0 Å². The fourth-order valence-electron chi connectivity index (χ4n) is 2.71. The van der Waals surface area contributed by atoms with E-state index < -0.39 is 4.92 Å². The van der Waals surface area contributed by atoms with Crippen molar-refractivity contribution in [1.82, 2.24) is 4.90 Å². The van der Waals surface area contributed by atoms with Crippen LogP contribution in [0.1, 0.15) is 19.8 Å². The van der Waals surface area contributed by atoms with Gasteiger partial charge in [-0.25, -0.2) is 0 Å². The summed E-state index contributed by atoms with van der Waals surface area (Å²) in [6, 6.07) is 4.92. The fraction of sp³-hybridized carbons (Fsp3) is 0.600. The molecule has 1 aliphatic rings. The van der Waals surface area contributed by atoms with Gasteiger partial charge in [0, 0.05) is 24.4 Å². The van der Waals surface area contributed by atoms with E-state index >= 15 is 0 Å². The van der Waals surface area contributed by atoms with Crippen molar-refractivity contribution >= 4 is 11.4 Å². The SMILES string of the molecule is CCN1CCC(CNc2ccc([N+](=O)[O-])c(OC)c2)CC1. The van der Waals surface area contributed by atoms with Crippen LogP contribution in [0.3, 0.4) is 0 Å². The van der Waals surface area contributed by atoms with Crippen LogP contribution < -0.4 is 10.1 Å². The van der Waals surface area contributed by atoms with Gasteiger partial charge in [0.05, 0.1) is 12.0 Å². The lowest BCUT2D eigenvalue weighted by molar-refractivity contribution is -0.385. The second-order valence-electron chi connectivity index (χ2n) is 5.40. The first-order chi connectivity index (χ1) is 10.1. The van der Waals surface area contributed by atoms with Crippen LogP contribution in [-0.2, 0) is 0 Å². The van der Waals surface area contributed by atoms with Crippen LogP contribution in [0.5, 0.6) is 5.75 Å². The van der Waals surface area contributed by atoms with E-state index in [1.807, 2.05) is 0 Å². The van der Waals surface area contributed by atoms with E-state index in [0.29, 0.717) is 11.7 Å². The summed E-state index contributed by atoms with van der Waals surface area (Å²) in [5.74, 6) is 0.958. The maximum atomic E-state index is 10.9. The fourth-order valence-corrected chi connectivity index (χ4v) is 2.71. The topological polar surface area (TPSA) is 67.6 Å². The summed E-state index contributed by atoms with van der Waals surface area (Å²) < 4.78 is 5.08.